The minimum absolute atomic E-state index is 0.0130. The molecule has 3 N–H and O–H groups in total. The summed E-state index contributed by atoms with van der Waals surface area (Å²) in [6, 6.07) is 6.60. The SMILES string of the molecule is CN(C)CCCNCc1cnc(Nc2cccc(Cl)c2)nc1C(F)(F)F.O=CO. The molecule has 1 aromatic heterocycles. The molecule has 0 saturated carbocycles. The minimum atomic E-state index is -4.56. The summed E-state index contributed by atoms with van der Waals surface area (Å²) in [4.78, 5) is 18.0. The highest BCUT2D eigenvalue weighted by atomic mass is 35.5. The van der Waals surface area contributed by atoms with Crippen LogP contribution >= 0.6 is 11.6 Å². The van der Waals surface area contributed by atoms with E-state index in [1.165, 1.54) is 6.20 Å². The van der Waals surface area contributed by atoms with Gasteiger partial charge >= 0.3 is 6.18 Å². The van der Waals surface area contributed by atoms with Gasteiger partial charge in [0, 0.05) is 29.0 Å². The summed E-state index contributed by atoms with van der Waals surface area (Å²) in [6.45, 7) is 1.27. The van der Waals surface area contributed by atoms with E-state index in [-0.39, 0.29) is 24.5 Å². The second-order valence-electron chi connectivity index (χ2n) is 6.14. The summed E-state index contributed by atoms with van der Waals surface area (Å²) in [5.74, 6) is -0.129. The highest BCUT2D eigenvalue weighted by Gasteiger charge is 2.36. The largest absolute Gasteiger partial charge is 0.483 e. The Morgan fingerprint density at radius 2 is 2.00 bits per heavy atom. The highest BCUT2D eigenvalue weighted by Crippen LogP contribution is 2.31. The van der Waals surface area contributed by atoms with Crippen molar-refractivity contribution < 1.29 is 23.1 Å². The Kier molecular flexibility index (Phi) is 10.4. The first-order valence-electron chi connectivity index (χ1n) is 8.56. The van der Waals surface area contributed by atoms with Crippen molar-refractivity contribution in [3.8, 4) is 0 Å². The van der Waals surface area contributed by atoms with E-state index in [4.69, 9.17) is 21.5 Å². The van der Waals surface area contributed by atoms with E-state index in [2.05, 4.69) is 20.6 Å². The maximum absolute atomic E-state index is 13.3. The number of nitrogens with one attached hydrogen (secondary N) is 2. The number of hydrogen-bond donors (Lipinski definition) is 3. The number of carboxylic acid groups (broad SMARTS) is 1. The fourth-order valence-electron chi connectivity index (χ4n) is 2.28. The van der Waals surface area contributed by atoms with Gasteiger partial charge in [0.1, 0.15) is 0 Å². The number of halogens is 4. The minimum Gasteiger partial charge on any atom is -0.483 e. The first-order chi connectivity index (χ1) is 13.7. The lowest BCUT2D eigenvalue weighted by Crippen LogP contribution is -2.23. The normalized spacial score (nSPS) is 11.0. The standard InChI is InChI=1S/C17H21ClF3N5.CH2O2/c1-26(2)8-4-7-22-10-12-11-23-16(25-15(12)17(19,20)21)24-14-6-3-5-13(18)9-14;2-1-3/h3,5-6,9,11,22H,4,7-8,10H2,1-2H3,(H,23,24,25);1H,(H,2,3). The molecule has 0 aliphatic heterocycles. The van der Waals surface area contributed by atoms with Crippen LogP contribution in [-0.4, -0.2) is 53.6 Å². The lowest BCUT2D eigenvalue weighted by molar-refractivity contribution is -0.141. The summed E-state index contributed by atoms with van der Waals surface area (Å²) >= 11 is 5.87. The molecule has 11 heteroatoms. The fourth-order valence-corrected chi connectivity index (χ4v) is 2.47. The van der Waals surface area contributed by atoms with E-state index in [1.54, 1.807) is 24.3 Å². The van der Waals surface area contributed by atoms with E-state index in [0.29, 0.717) is 17.3 Å². The second kappa shape index (κ2) is 12.2. The quantitative estimate of drug-likeness (QED) is 0.432. The second-order valence-corrected chi connectivity index (χ2v) is 6.58. The zero-order valence-electron chi connectivity index (χ0n) is 16.0. The monoisotopic (exact) mass is 433 g/mol. The van der Waals surface area contributed by atoms with Crippen molar-refractivity contribution in [2.24, 2.45) is 0 Å². The first kappa shape index (κ1) is 24.6. The molecular formula is C18H23ClF3N5O2. The third kappa shape index (κ3) is 9.55. The van der Waals surface area contributed by atoms with Crippen LogP contribution < -0.4 is 10.6 Å². The molecule has 1 heterocycles. The van der Waals surface area contributed by atoms with Crippen LogP contribution in [0.25, 0.3) is 0 Å². The molecule has 0 atom stereocenters. The number of anilines is 2. The predicted octanol–water partition coefficient (Wildman–Crippen LogP) is 3.63. The Morgan fingerprint density at radius 3 is 2.59 bits per heavy atom. The van der Waals surface area contributed by atoms with Crippen LogP contribution in [0.15, 0.2) is 30.5 Å². The summed E-state index contributed by atoms with van der Waals surface area (Å²) in [7, 11) is 3.89. The Morgan fingerprint density at radius 1 is 1.31 bits per heavy atom. The van der Waals surface area contributed by atoms with Crippen LogP contribution in [-0.2, 0) is 17.5 Å². The molecular weight excluding hydrogens is 411 g/mol. The third-order valence-corrected chi connectivity index (χ3v) is 3.72. The Bertz CT molecular complexity index is 775. The summed E-state index contributed by atoms with van der Waals surface area (Å²) in [6.07, 6.45) is -2.53. The van der Waals surface area contributed by atoms with Gasteiger partial charge in [0.2, 0.25) is 5.95 Å². The van der Waals surface area contributed by atoms with Crippen molar-refractivity contribution in [2.75, 3.05) is 32.5 Å². The first-order valence-corrected chi connectivity index (χ1v) is 8.94. The summed E-state index contributed by atoms with van der Waals surface area (Å²) in [5, 5.41) is 13.1. The molecule has 0 aliphatic carbocycles. The van der Waals surface area contributed by atoms with Crippen LogP contribution in [0.2, 0.25) is 5.02 Å². The number of carbonyl (C=O) groups is 1. The van der Waals surface area contributed by atoms with E-state index in [1.807, 2.05) is 19.0 Å². The van der Waals surface area contributed by atoms with Gasteiger partial charge in [-0.05, 0) is 51.8 Å². The number of hydrogen-bond acceptors (Lipinski definition) is 6. The molecule has 7 nitrogen and oxygen atoms in total. The van der Waals surface area contributed by atoms with Crippen LogP contribution in [0.5, 0.6) is 0 Å². The van der Waals surface area contributed by atoms with Crippen LogP contribution in [0, 0.1) is 0 Å². The zero-order valence-corrected chi connectivity index (χ0v) is 16.8. The predicted molar refractivity (Wildman–Crippen MR) is 105 cm³/mol. The van der Waals surface area contributed by atoms with E-state index < -0.39 is 11.9 Å². The van der Waals surface area contributed by atoms with Crippen LogP contribution in [0.3, 0.4) is 0 Å². The molecule has 0 saturated heterocycles. The molecule has 1 aromatic carbocycles. The van der Waals surface area contributed by atoms with E-state index in [0.717, 1.165) is 13.0 Å². The number of rotatable bonds is 8. The van der Waals surface area contributed by atoms with Crippen LogP contribution in [0.4, 0.5) is 24.8 Å². The zero-order chi connectivity index (χ0) is 21.9. The number of benzene rings is 1. The van der Waals surface area contributed by atoms with Crippen molar-refractivity contribution in [1.29, 1.82) is 0 Å². The molecule has 0 aliphatic rings. The lowest BCUT2D eigenvalue weighted by Gasteiger charge is -2.14. The average molecular weight is 434 g/mol. The molecule has 29 heavy (non-hydrogen) atoms. The van der Waals surface area contributed by atoms with Crippen molar-refractivity contribution in [3.63, 3.8) is 0 Å². The van der Waals surface area contributed by atoms with Gasteiger partial charge in [0.25, 0.3) is 6.47 Å². The van der Waals surface area contributed by atoms with Crippen molar-refractivity contribution >= 4 is 29.7 Å². The van der Waals surface area contributed by atoms with Gasteiger partial charge in [0.05, 0.1) is 0 Å². The number of nitrogens with zero attached hydrogens (tertiary/aromatic N) is 3. The topological polar surface area (TPSA) is 90.4 Å². The maximum atomic E-state index is 13.3. The average Bonchev–Trinajstić information content (AvgIpc) is 2.62. The highest BCUT2D eigenvalue weighted by molar-refractivity contribution is 6.30. The smallest absolute Gasteiger partial charge is 0.433 e. The van der Waals surface area contributed by atoms with Gasteiger partial charge in [-0.25, -0.2) is 9.97 Å². The molecule has 2 rings (SSSR count). The van der Waals surface area contributed by atoms with Gasteiger partial charge in [-0.1, -0.05) is 17.7 Å². The molecule has 0 radical (unpaired) electrons. The Labute approximate surface area is 171 Å². The van der Waals surface area contributed by atoms with Gasteiger partial charge in [-0.3, -0.25) is 4.79 Å². The molecule has 0 spiro atoms. The molecule has 0 amide bonds. The van der Waals surface area contributed by atoms with Gasteiger partial charge in [-0.15, -0.1) is 0 Å². The molecule has 160 valence electrons. The third-order valence-electron chi connectivity index (χ3n) is 3.49. The molecule has 0 unspecified atom stereocenters. The van der Waals surface area contributed by atoms with Crippen LogP contribution in [0.1, 0.15) is 17.7 Å². The van der Waals surface area contributed by atoms with Gasteiger partial charge < -0.3 is 20.6 Å². The fraction of sp³-hybridized carbons (Fsp3) is 0.389. The molecule has 2 aromatic rings. The van der Waals surface area contributed by atoms with Gasteiger partial charge in [-0.2, -0.15) is 13.2 Å². The summed E-state index contributed by atoms with van der Waals surface area (Å²) < 4.78 is 40.0. The van der Waals surface area contributed by atoms with E-state index in [9.17, 15) is 13.2 Å². The molecule has 0 fully saturated rings. The maximum Gasteiger partial charge on any atom is 0.433 e. The van der Waals surface area contributed by atoms with E-state index >= 15 is 0 Å². The number of aromatic nitrogens is 2. The van der Waals surface area contributed by atoms with Crippen molar-refractivity contribution in [1.82, 2.24) is 20.2 Å². The molecule has 0 bridgehead atoms. The Balaban J connectivity index is 0.00000132. The van der Waals surface area contributed by atoms with Crippen molar-refractivity contribution in [2.45, 2.75) is 19.1 Å². The lowest BCUT2D eigenvalue weighted by atomic mass is 10.2. The number of alkyl halides is 3. The van der Waals surface area contributed by atoms with Gasteiger partial charge in [0.15, 0.2) is 5.69 Å². The van der Waals surface area contributed by atoms with Crippen molar-refractivity contribution in [3.05, 3.63) is 46.7 Å². The summed E-state index contributed by atoms with van der Waals surface area (Å²) in [5.41, 5.74) is -0.420. The Hall–Kier alpha value is -2.43.